The summed E-state index contributed by atoms with van der Waals surface area (Å²) in [5.74, 6) is 0.646. The molecule has 0 radical (unpaired) electrons. The fraction of sp³-hybridized carbons (Fsp3) is 0.308. The molecule has 0 saturated carbocycles. The van der Waals surface area contributed by atoms with Crippen LogP contribution in [0.1, 0.15) is 23.0 Å². The van der Waals surface area contributed by atoms with Crippen molar-refractivity contribution < 1.29 is 4.39 Å². The summed E-state index contributed by atoms with van der Waals surface area (Å²) >= 11 is 0. The molecule has 1 aromatic carbocycles. The maximum Gasteiger partial charge on any atom is 0.130 e. The molecule has 1 aromatic heterocycles. The number of halogens is 1. The van der Waals surface area contributed by atoms with Gasteiger partial charge in [-0.3, -0.25) is 0 Å². The van der Waals surface area contributed by atoms with Gasteiger partial charge in [-0.2, -0.15) is 0 Å². The molecule has 2 rings (SSSR count). The van der Waals surface area contributed by atoms with Crippen molar-refractivity contribution in [2.24, 2.45) is 12.8 Å². The largest absolute Gasteiger partial charge is 0.338 e. The van der Waals surface area contributed by atoms with E-state index in [0.717, 1.165) is 5.82 Å². The molecular weight excluding hydrogens is 217 g/mol. The van der Waals surface area contributed by atoms with Gasteiger partial charge in [0.2, 0.25) is 0 Å². The van der Waals surface area contributed by atoms with Crippen LogP contribution in [0, 0.1) is 12.7 Å². The minimum atomic E-state index is -0.365. The number of nitrogens with zero attached hydrogens (tertiary/aromatic N) is 2. The molecule has 2 aromatic rings. The van der Waals surface area contributed by atoms with Gasteiger partial charge in [-0.05, 0) is 12.5 Å². The number of rotatable bonds is 3. The van der Waals surface area contributed by atoms with Crippen LogP contribution in [0.2, 0.25) is 0 Å². The Balaban J connectivity index is 2.23. The molecule has 3 nitrogen and oxygen atoms in total. The van der Waals surface area contributed by atoms with Crippen molar-refractivity contribution in [3.05, 3.63) is 53.4 Å². The minimum absolute atomic E-state index is 0.214. The Kier molecular flexibility index (Phi) is 3.24. The molecular formula is C13H16FN3. The van der Waals surface area contributed by atoms with E-state index in [1.54, 1.807) is 25.3 Å². The highest BCUT2D eigenvalue weighted by molar-refractivity contribution is 5.27. The van der Waals surface area contributed by atoms with Crippen molar-refractivity contribution in [3.63, 3.8) is 0 Å². The third kappa shape index (κ3) is 2.36. The number of hydrogen-bond acceptors (Lipinski definition) is 2. The van der Waals surface area contributed by atoms with Gasteiger partial charge in [0.15, 0.2) is 0 Å². The molecule has 90 valence electrons. The van der Waals surface area contributed by atoms with Crippen molar-refractivity contribution in [2.75, 3.05) is 0 Å². The van der Waals surface area contributed by atoms with Crippen LogP contribution in [-0.4, -0.2) is 9.55 Å². The highest BCUT2D eigenvalue weighted by Crippen LogP contribution is 2.20. The standard InChI is InChI=1S/C13H16FN3/c1-9-4-3-5-10(13(9)14)11(15)8-12-16-6-7-17(12)2/h3-7,11H,8,15H2,1-2H3. The second-order valence-corrected chi connectivity index (χ2v) is 4.24. The van der Waals surface area contributed by atoms with Gasteiger partial charge in [0.25, 0.3) is 0 Å². The smallest absolute Gasteiger partial charge is 0.130 e. The van der Waals surface area contributed by atoms with Gasteiger partial charge in [0.05, 0.1) is 0 Å². The number of benzene rings is 1. The van der Waals surface area contributed by atoms with Crippen LogP contribution in [0.5, 0.6) is 0 Å². The monoisotopic (exact) mass is 233 g/mol. The summed E-state index contributed by atoms with van der Waals surface area (Å²) in [6.45, 7) is 1.74. The van der Waals surface area contributed by atoms with E-state index < -0.39 is 0 Å². The van der Waals surface area contributed by atoms with Crippen LogP contribution in [0.4, 0.5) is 4.39 Å². The highest BCUT2D eigenvalue weighted by atomic mass is 19.1. The van der Waals surface area contributed by atoms with Crippen molar-refractivity contribution in [2.45, 2.75) is 19.4 Å². The molecule has 0 bridgehead atoms. The predicted molar refractivity (Wildman–Crippen MR) is 65.0 cm³/mol. The van der Waals surface area contributed by atoms with Crippen LogP contribution in [0.25, 0.3) is 0 Å². The van der Waals surface area contributed by atoms with Gasteiger partial charge in [-0.25, -0.2) is 9.37 Å². The molecule has 0 saturated heterocycles. The van der Waals surface area contributed by atoms with Crippen molar-refractivity contribution in [1.82, 2.24) is 9.55 Å². The summed E-state index contributed by atoms with van der Waals surface area (Å²) in [5, 5.41) is 0. The molecule has 1 atom stereocenters. The van der Waals surface area contributed by atoms with E-state index in [2.05, 4.69) is 4.98 Å². The van der Waals surface area contributed by atoms with Crippen molar-refractivity contribution >= 4 is 0 Å². The van der Waals surface area contributed by atoms with Gasteiger partial charge in [-0.15, -0.1) is 0 Å². The maximum atomic E-state index is 13.9. The number of imidazole rings is 1. The van der Waals surface area contributed by atoms with Gasteiger partial charge in [-0.1, -0.05) is 18.2 Å². The lowest BCUT2D eigenvalue weighted by Gasteiger charge is -2.13. The van der Waals surface area contributed by atoms with Crippen LogP contribution in [0.3, 0.4) is 0 Å². The van der Waals surface area contributed by atoms with Crippen LogP contribution < -0.4 is 5.73 Å². The van der Waals surface area contributed by atoms with Crippen LogP contribution >= 0.6 is 0 Å². The summed E-state index contributed by atoms with van der Waals surface area (Å²) in [7, 11) is 1.90. The normalized spacial score (nSPS) is 12.7. The number of nitrogens with two attached hydrogens (primary N) is 1. The van der Waals surface area contributed by atoms with E-state index in [1.165, 1.54) is 0 Å². The van der Waals surface area contributed by atoms with Gasteiger partial charge < -0.3 is 10.3 Å². The third-order valence-electron chi connectivity index (χ3n) is 2.94. The Bertz CT molecular complexity index is 519. The highest BCUT2D eigenvalue weighted by Gasteiger charge is 2.15. The molecule has 0 amide bonds. The lowest BCUT2D eigenvalue weighted by Crippen LogP contribution is -2.17. The van der Waals surface area contributed by atoms with Gasteiger partial charge >= 0.3 is 0 Å². The molecule has 17 heavy (non-hydrogen) atoms. The molecule has 0 spiro atoms. The first-order chi connectivity index (χ1) is 8.09. The van der Waals surface area contributed by atoms with Crippen molar-refractivity contribution in [1.29, 1.82) is 0 Å². The number of aromatic nitrogens is 2. The zero-order valence-corrected chi connectivity index (χ0v) is 10.0. The summed E-state index contributed by atoms with van der Waals surface area (Å²) < 4.78 is 15.8. The Morgan fingerprint density at radius 1 is 1.47 bits per heavy atom. The zero-order valence-electron chi connectivity index (χ0n) is 10.0. The topological polar surface area (TPSA) is 43.8 Å². The summed E-state index contributed by atoms with van der Waals surface area (Å²) in [5.41, 5.74) is 7.20. The van der Waals surface area contributed by atoms with E-state index in [4.69, 9.17) is 5.73 Å². The third-order valence-corrected chi connectivity index (χ3v) is 2.94. The molecule has 0 aliphatic heterocycles. The number of aryl methyl sites for hydroxylation is 2. The first kappa shape index (κ1) is 11.8. The summed E-state index contributed by atoms with van der Waals surface area (Å²) in [6.07, 6.45) is 4.10. The lowest BCUT2D eigenvalue weighted by atomic mass is 10.0. The predicted octanol–water partition coefficient (Wildman–Crippen LogP) is 2.11. The molecule has 0 aliphatic carbocycles. The Morgan fingerprint density at radius 3 is 2.88 bits per heavy atom. The first-order valence-corrected chi connectivity index (χ1v) is 5.56. The average Bonchev–Trinajstić information content (AvgIpc) is 2.68. The average molecular weight is 233 g/mol. The molecule has 0 fully saturated rings. The lowest BCUT2D eigenvalue weighted by molar-refractivity contribution is 0.564. The van der Waals surface area contributed by atoms with Crippen molar-refractivity contribution in [3.8, 4) is 0 Å². The summed E-state index contributed by atoms with van der Waals surface area (Å²) in [6, 6.07) is 4.94. The fourth-order valence-electron chi connectivity index (χ4n) is 1.86. The number of hydrogen-bond donors (Lipinski definition) is 1. The van der Waals surface area contributed by atoms with E-state index in [-0.39, 0.29) is 11.9 Å². The quantitative estimate of drug-likeness (QED) is 0.882. The molecule has 1 heterocycles. The van der Waals surface area contributed by atoms with Crippen LogP contribution in [-0.2, 0) is 13.5 Å². The second kappa shape index (κ2) is 4.67. The summed E-state index contributed by atoms with van der Waals surface area (Å²) in [4.78, 5) is 4.19. The molecule has 0 aliphatic rings. The van der Waals surface area contributed by atoms with Gasteiger partial charge in [0, 0.05) is 37.5 Å². The van der Waals surface area contributed by atoms with Crippen LogP contribution in [0.15, 0.2) is 30.6 Å². The minimum Gasteiger partial charge on any atom is -0.338 e. The SMILES string of the molecule is Cc1cccc(C(N)Cc2nccn2C)c1F. The maximum absolute atomic E-state index is 13.9. The Morgan fingerprint density at radius 2 is 2.24 bits per heavy atom. The molecule has 4 heteroatoms. The van der Waals surface area contributed by atoms with E-state index in [1.807, 2.05) is 23.9 Å². The zero-order chi connectivity index (χ0) is 12.4. The van der Waals surface area contributed by atoms with E-state index in [9.17, 15) is 4.39 Å². The van der Waals surface area contributed by atoms with Gasteiger partial charge in [0.1, 0.15) is 11.6 Å². The fourth-order valence-corrected chi connectivity index (χ4v) is 1.86. The first-order valence-electron chi connectivity index (χ1n) is 5.56. The molecule has 2 N–H and O–H groups in total. The Labute approximate surface area is 100 Å². The van der Waals surface area contributed by atoms with E-state index in [0.29, 0.717) is 17.5 Å². The Hall–Kier alpha value is -1.68. The molecule has 1 unspecified atom stereocenters. The van der Waals surface area contributed by atoms with E-state index >= 15 is 0 Å². The second-order valence-electron chi connectivity index (χ2n) is 4.24.